The fourth-order valence-electron chi connectivity index (χ4n) is 2.39. The zero-order valence-electron chi connectivity index (χ0n) is 12.0. The fourth-order valence-corrected chi connectivity index (χ4v) is 2.51. The summed E-state index contributed by atoms with van der Waals surface area (Å²) in [7, 11) is 0. The number of hydrogen-bond acceptors (Lipinski definition) is 4. The van der Waals surface area contributed by atoms with Crippen LogP contribution in [0.15, 0.2) is 42.5 Å². The van der Waals surface area contributed by atoms with Crippen LogP contribution in [-0.2, 0) is 16.0 Å². The van der Waals surface area contributed by atoms with Gasteiger partial charge in [-0.1, -0.05) is 23.7 Å². The van der Waals surface area contributed by atoms with Crippen LogP contribution in [0.3, 0.4) is 0 Å². The number of benzene rings is 2. The number of carbonyl (C=O) groups is 1. The molecule has 0 spiro atoms. The van der Waals surface area contributed by atoms with Crippen molar-refractivity contribution in [2.45, 2.75) is 19.4 Å². The molecule has 0 N–H and O–H groups in total. The highest BCUT2D eigenvalue weighted by Gasteiger charge is 2.24. The van der Waals surface area contributed by atoms with E-state index < -0.39 is 0 Å². The number of carbonyl (C=O) groups excluding carboxylic acids is 1. The normalized spacial score (nSPS) is 16.4. The number of rotatable bonds is 3. The Morgan fingerprint density at radius 3 is 2.73 bits per heavy atom. The maximum Gasteiger partial charge on any atom is 0.303 e. The minimum atomic E-state index is -0.300. The molecule has 0 fully saturated rings. The van der Waals surface area contributed by atoms with E-state index in [4.69, 9.17) is 25.8 Å². The van der Waals surface area contributed by atoms with Gasteiger partial charge in [0.25, 0.3) is 0 Å². The Bertz CT molecular complexity index is 682. The molecule has 1 unspecified atom stereocenters. The lowest BCUT2D eigenvalue weighted by molar-refractivity contribution is -0.148. The van der Waals surface area contributed by atoms with Crippen LogP contribution in [-0.4, -0.2) is 18.7 Å². The minimum Gasteiger partial charge on any atom is -0.486 e. The van der Waals surface area contributed by atoms with Gasteiger partial charge < -0.3 is 14.2 Å². The van der Waals surface area contributed by atoms with E-state index in [9.17, 15) is 4.79 Å². The number of para-hydroxylation sites is 1. The van der Waals surface area contributed by atoms with E-state index in [2.05, 4.69) is 0 Å². The predicted octanol–water partition coefficient (Wildman–Crippen LogP) is 4.00. The van der Waals surface area contributed by atoms with Crippen LogP contribution >= 0.6 is 11.6 Å². The molecule has 2 aromatic carbocycles. The Balaban J connectivity index is 1.80. The van der Waals surface area contributed by atoms with E-state index in [0.29, 0.717) is 35.3 Å². The largest absolute Gasteiger partial charge is 0.486 e. The quantitative estimate of drug-likeness (QED) is 0.802. The predicted molar refractivity (Wildman–Crippen MR) is 82.7 cm³/mol. The molecule has 0 amide bonds. The molecule has 1 heterocycles. The Morgan fingerprint density at radius 1 is 1.23 bits per heavy atom. The van der Waals surface area contributed by atoms with Crippen molar-refractivity contribution in [3.05, 3.63) is 53.1 Å². The van der Waals surface area contributed by atoms with Gasteiger partial charge in [0, 0.05) is 23.9 Å². The molecule has 0 saturated carbocycles. The van der Waals surface area contributed by atoms with Gasteiger partial charge in [-0.3, -0.25) is 4.79 Å². The first-order valence-electron chi connectivity index (χ1n) is 6.97. The lowest BCUT2D eigenvalue weighted by Gasteiger charge is -2.26. The molecule has 3 rings (SSSR count). The molecule has 0 bridgehead atoms. The van der Waals surface area contributed by atoms with E-state index >= 15 is 0 Å². The van der Waals surface area contributed by atoms with E-state index in [1.54, 1.807) is 24.3 Å². The molecule has 1 aliphatic rings. The maximum atomic E-state index is 11.0. The SMILES string of the molecule is CC(=O)OC1COc2c(cccc2Oc2ccc(Cl)cc2)C1. The van der Waals surface area contributed by atoms with Gasteiger partial charge >= 0.3 is 5.97 Å². The third kappa shape index (κ3) is 3.34. The summed E-state index contributed by atoms with van der Waals surface area (Å²) in [4.78, 5) is 11.0. The topological polar surface area (TPSA) is 44.8 Å². The molecule has 4 nitrogen and oxygen atoms in total. The van der Waals surface area contributed by atoms with Gasteiger partial charge in [-0.25, -0.2) is 0 Å². The summed E-state index contributed by atoms with van der Waals surface area (Å²) in [5.41, 5.74) is 0.962. The molecule has 5 heteroatoms. The van der Waals surface area contributed by atoms with Crippen molar-refractivity contribution in [2.24, 2.45) is 0 Å². The monoisotopic (exact) mass is 318 g/mol. The van der Waals surface area contributed by atoms with Crippen molar-refractivity contribution in [3.8, 4) is 17.2 Å². The second kappa shape index (κ2) is 6.28. The van der Waals surface area contributed by atoms with Crippen molar-refractivity contribution >= 4 is 17.6 Å². The molecule has 0 saturated heterocycles. The van der Waals surface area contributed by atoms with Gasteiger partial charge in [0.15, 0.2) is 11.5 Å². The van der Waals surface area contributed by atoms with Crippen LogP contribution in [0.2, 0.25) is 5.02 Å². The Labute approximate surface area is 133 Å². The summed E-state index contributed by atoms with van der Waals surface area (Å²) in [6.07, 6.45) is 0.364. The number of halogens is 1. The zero-order chi connectivity index (χ0) is 15.5. The summed E-state index contributed by atoms with van der Waals surface area (Å²) in [5.74, 6) is 1.72. The van der Waals surface area contributed by atoms with Crippen molar-refractivity contribution in [1.82, 2.24) is 0 Å². The molecule has 22 heavy (non-hydrogen) atoms. The summed E-state index contributed by atoms with van der Waals surface area (Å²) < 4.78 is 16.8. The van der Waals surface area contributed by atoms with Crippen molar-refractivity contribution < 1.29 is 19.0 Å². The second-order valence-electron chi connectivity index (χ2n) is 5.05. The average Bonchev–Trinajstić information content (AvgIpc) is 2.49. The van der Waals surface area contributed by atoms with Gasteiger partial charge in [-0.2, -0.15) is 0 Å². The van der Waals surface area contributed by atoms with Gasteiger partial charge in [0.1, 0.15) is 18.5 Å². The number of ether oxygens (including phenoxy) is 3. The second-order valence-corrected chi connectivity index (χ2v) is 5.48. The first-order valence-corrected chi connectivity index (χ1v) is 7.35. The molecular formula is C17H15ClO4. The number of fused-ring (bicyclic) bond motifs is 1. The summed E-state index contributed by atoms with van der Waals surface area (Å²) in [6.45, 7) is 1.73. The van der Waals surface area contributed by atoms with Gasteiger partial charge in [-0.15, -0.1) is 0 Å². The van der Waals surface area contributed by atoms with E-state index in [1.807, 2.05) is 18.2 Å². The lowest BCUT2D eigenvalue weighted by atomic mass is 10.0. The average molecular weight is 319 g/mol. The molecular weight excluding hydrogens is 304 g/mol. The molecule has 0 aromatic heterocycles. The van der Waals surface area contributed by atoms with E-state index in [1.165, 1.54) is 6.92 Å². The molecule has 2 aromatic rings. The fraction of sp³-hybridized carbons (Fsp3) is 0.235. The van der Waals surface area contributed by atoms with Crippen LogP contribution in [0.5, 0.6) is 17.2 Å². The summed E-state index contributed by atoms with van der Waals surface area (Å²) in [5, 5.41) is 0.655. The molecule has 1 aliphatic heterocycles. The smallest absolute Gasteiger partial charge is 0.303 e. The molecule has 1 atom stereocenters. The Kier molecular flexibility index (Phi) is 4.20. The third-order valence-electron chi connectivity index (χ3n) is 3.30. The van der Waals surface area contributed by atoms with Gasteiger partial charge in [0.05, 0.1) is 0 Å². The van der Waals surface area contributed by atoms with E-state index in [-0.39, 0.29) is 12.1 Å². The van der Waals surface area contributed by atoms with Crippen LogP contribution in [0.4, 0.5) is 0 Å². The Hall–Kier alpha value is -2.20. The third-order valence-corrected chi connectivity index (χ3v) is 3.55. The van der Waals surface area contributed by atoms with Crippen LogP contribution in [0.1, 0.15) is 12.5 Å². The van der Waals surface area contributed by atoms with Gasteiger partial charge in [-0.05, 0) is 30.3 Å². The summed E-state index contributed by atoms with van der Waals surface area (Å²) in [6, 6.07) is 12.8. The number of hydrogen-bond donors (Lipinski definition) is 0. The van der Waals surface area contributed by atoms with Crippen LogP contribution in [0.25, 0.3) is 0 Å². The number of esters is 1. The molecule has 0 radical (unpaired) electrons. The highest BCUT2D eigenvalue weighted by Crippen LogP contribution is 2.38. The van der Waals surface area contributed by atoms with Gasteiger partial charge in [0.2, 0.25) is 0 Å². The Morgan fingerprint density at radius 2 is 2.00 bits per heavy atom. The maximum absolute atomic E-state index is 11.0. The first-order chi connectivity index (χ1) is 10.6. The molecule has 0 aliphatic carbocycles. The van der Waals surface area contributed by atoms with Crippen molar-refractivity contribution in [3.63, 3.8) is 0 Å². The summed E-state index contributed by atoms with van der Waals surface area (Å²) >= 11 is 5.87. The van der Waals surface area contributed by atoms with E-state index in [0.717, 1.165) is 5.56 Å². The molecule has 114 valence electrons. The standard InChI is InChI=1S/C17H15ClO4/c1-11(19)21-15-9-12-3-2-4-16(17(12)20-10-15)22-14-7-5-13(18)6-8-14/h2-8,15H,9-10H2,1H3. The zero-order valence-corrected chi connectivity index (χ0v) is 12.8. The highest BCUT2D eigenvalue weighted by atomic mass is 35.5. The lowest BCUT2D eigenvalue weighted by Crippen LogP contribution is -2.30. The highest BCUT2D eigenvalue weighted by molar-refractivity contribution is 6.30. The van der Waals surface area contributed by atoms with Crippen molar-refractivity contribution in [1.29, 1.82) is 0 Å². The minimum absolute atomic E-state index is 0.254. The van der Waals surface area contributed by atoms with Crippen LogP contribution in [0, 0.1) is 0 Å². The van der Waals surface area contributed by atoms with Crippen LogP contribution < -0.4 is 9.47 Å². The van der Waals surface area contributed by atoms with Crippen molar-refractivity contribution in [2.75, 3.05) is 6.61 Å². The first kappa shape index (κ1) is 14.7.